The Morgan fingerprint density at radius 3 is 2.41 bits per heavy atom. The number of aryl methyl sites for hydroxylation is 1. The maximum atomic E-state index is 13.9. The predicted octanol–water partition coefficient (Wildman–Crippen LogP) is 4.13. The first-order chi connectivity index (χ1) is 17.7. The number of benzene rings is 1. The second kappa shape index (κ2) is 10.1. The fourth-order valence-electron chi connectivity index (χ4n) is 4.81. The van der Waals surface area contributed by atoms with Gasteiger partial charge in [0.15, 0.2) is 0 Å². The van der Waals surface area contributed by atoms with Gasteiger partial charge >= 0.3 is 6.18 Å². The van der Waals surface area contributed by atoms with E-state index >= 15 is 0 Å². The summed E-state index contributed by atoms with van der Waals surface area (Å²) in [6.45, 7) is 7.82. The largest absolute Gasteiger partial charge is 0.419 e. The fourth-order valence-corrected chi connectivity index (χ4v) is 4.81. The Morgan fingerprint density at radius 1 is 0.946 bits per heavy atom. The third kappa shape index (κ3) is 5.46. The highest BCUT2D eigenvalue weighted by Crippen LogP contribution is 2.36. The van der Waals surface area contributed by atoms with Gasteiger partial charge in [0.05, 0.1) is 11.3 Å². The maximum Gasteiger partial charge on any atom is 0.419 e. The van der Waals surface area contributed by atoms with E-state index in [-0.39, 0.29) is 17.7 Å². The van der Waals surface area contributed by atoms with E-state index in [1.165, 1.54) is 18.3 Å². The lowest BCUT2D eigenvalue weighted by atomic mass is 10.1. The molecular formula is C26H29F4N7. The average molecular weight is 516 g/mol. The zero-order chi connectivity index (χ0) is 26.2. The van der Waals surface area contributed by atoms with Crippen molar-refractivity contribution in [3.05, 3.63) is 59.5 Å². The van der Waals surface area contributed by atoms with E-state index in [4.69, 9.17) is 9.97 Å². The summed E-state index contributed by atoms with van der Waals surface area (Å²) in [6.07, 6.45) is -3.08. The summed E-state index contributed by atoms with van der Waals surface area (Å²) in [5, 5.41) is 3.41. The van der Waals surface area contributed by atoms with Crippen LogP contribution in [-0.4, -0.2) is 66.8 Å². The van der Waals surface area contributed by atoms with Crippen LogP contribution in [0.3, 0.4) is 0 Å². The fraction of sp³-hybridized carbons (Fsp3) is 0.423. The first kappa shape index (κ1) is 25.2. The first-order valence-corrected chi connectivity index (χ1v) is 12.3. The number of hydrogen-bond acceptors (Lipinski definition) is 7. The van der Waals surface area contributed by atoms with Gasteiger partial charge in [0.2, 0.25) is 5.95 Å². The standard InChI is InChI=1S/C26H29F4N7/c1-17-14-19(5-6-21(17)27)22-15-23(34-25(33-22)37-9-8-31-18(2)16-37)35-10-12-36(13-11-35)24-20(26(28,29)30)4-3-7-32-24/h3-7,14-15,18,31H,8-13,16H2,1-2H3. The number of halogens is 4. The van der Waals surface area contributed by atoms with Gasteiger partial charge in [-0.2, -0.15) is 18.2 Å². The number of nitrogens with one attached hydrogen (secondary N) is 1. The molecule has 1 N–H and O–H groups in total. The Hall–Kier alpha value is -3.47. The van der Waals surface area contributed by atoms with Gasteiger partial charge in [-0.1, -0.05) is 0 Å². The molecule has 0 aliphatic carbocycles. The number of pyridine rings is 1. The highest BCUT2D eigenvalue weighted by molar-refractivity contribution is 5.66. The van der Waals surface area contributed by atoms with Gasteiger partial charge in [-0.3, -0.25) is 0 Å². The van der Waals surface area contributed by atoms with Crippen molar-refractivity contribution in [1.82, 2.24) is 20.3 Å². The summed E-state index contributed by atoms with van der Waals surface area (Å²) in [4.78, 5) is 19.6. The topological polar surface area (TPSA) is 60.4 Å². The molecule has 2 saturated heterocycles. The third-order valence-electron chi connectivity index (χ3n) is 6.80. The molecule has 0 spiro atoms. The summed E-state index contributed by atoms with van der Waals surface area (Å²) in [7, 11) is 0. The number of aromatic nitrogens is 3. The van der Waals surface area contributed by atoms with Gasteiger partial charge in [-0.25, -0.2) is 14.4 Å². The van der Waals surface area contributed by atoms with E-state index in [0.29, 0.717) is 49.2 Å². The molecule has 2 fully saturated rings. The summed E-state index contributed by atoms with van der Waals surface area (Å²) < 4.78 is 54.5. The van der Waals surface area contributed by atoms with Crippen molar-refractivity contribution in [3.8, 4) is 11.3 Å². The summed E-state index contributed by atoms with van der Waals surface area (Å²) in [5.74, 6) is 0.965. The summed E-state index contributed by atoms with van der Waals surface area (Å²) >= 11 is 0. The molecule has 5 rings (SSSR count). The molecule has 1 aromatic carbocycles. The van der Waals surface area contributed by atoms with Gasteiger partial charge < -0.3 is 20.0 Å². The van der Waals surface area contributed by atoms with E-state index in [9.17, 15) is 17.6 Å². The molecular weight excluding hydrogens is 486 g/mol. The van der Waals surface area contributed by atoms with Crippen LogP contribution in [0, 0.1) is 12.7 Å². The molecule has 7 nitrogen and oxygen atoms in total. The number of nitrogens with zero attached hydrogens (tertiary/aromatic N) is 6. The molecule has 4 heterocycles. The smallest absolute Gasteiger partial charge is 0.353 e. The van der Waals surface area contributed by atoms with Gasteiger partial charge in [0.25, 0.3) is 0 Å². The Morgan fingerprint density at radius 2 is 1.70 bits per heavy atom. The molecule has 0 bridgehead atoms. The number of piperazine rings is 2. The van der Waals surface area contributed by atoms with Crippen LogP contribution in [0.2, 0.25) is 0 Å². The van der Waals surface area contributed by atoms with Crippen molar-refractivity contribution < 1.29 is 17.6 Å². The molecule has 2 aromatic heterocycles. The van der Waals surface area contributed by atoms with Gasteiger partial charge in [0, 0.05) is 69.7 Å². The van der Waals surface area contributed by atoms with Crippen LogP contribution in [0.4, 0.5) is 35.1 Å². The molecule has 2 aliphatic heterocycles. The van der Waals surface area contributed by atoms with Crippen LogP contribution in [-0.2, 0) is 6.18 Å². The highest BCUT2D eigenvalue weighted by Gasteiger charge is 2.36. The quantitative estimate of drug-likeness (QED) is 0.525. The van der Waals surface area contributed by atoms with Crippen molar-refractivity contribution >= 4 is 17.6 Å². The molecule has 0 saturated carbocycles. The highest BCUT2D eigenvalue weighted by atomic mass is 19.4. The van der Waals surface area contributed by atoms with Crippen molar-refractivity contribution in [2.75, 3.05) is 60.5 Å². The SMILES string of the molecule is Cc1cc(-c2cc(N3CCN(c4ncccc4C(F)(F)F)CC3)nc(N3CCNC(C)C3)n2)ccc1F. The van der Waals surface area contributed by atoms with Crippen LogP contribution in [0.5, 0.6) is 0 Å². The van der Waals surface area contributed by atoms with E-state index in [0.717, 1.165) is 31.3 Å². The third-order valence-corrected chi connectivity index (χ3v) is 6.80. The lowest BCUT2D eigenvalue weighted by molar-refractivity contribution is -0.137. The normalized spacial score (nSPS) is 18.9. The Bertz CT molecular complexity index is 1260. The minimum Gasteiger partial charge on any atom is -0.353 e. The number of alkyl halides is 3. The molecule has 1 unspecified atom stereocenters. The van der Waals surface area contributed by atoms with E-state index < -0.39 is 11.7 Å². The monoisotopic (exact) mass is 515 g/mol. The van der Waals surface area contributed by atoms with Crippen LogP contribution in [0.1, 0.15) is 18.1 Å². The van der Waals surface area contributed by atoms with Crippen LogP contribution < -0.4 is 20.0 Å². The van der Waals surface area contributed by atoms with Gasteiger partial charge in [-0.15, -0.1) is 0 Å². The van der Waals surface area contributed by atoms with Crippen LogP contribution in [0.25, 0.3) is 11.3 Å². The molecule has 0 amide bonds. The van der Waals surface area contributed by atoms with E-state index in [2.05, 4.69) is 27.0 Å². The van der Waals surface area contributed by atoms with E-state index in [1.54, 1.807) is 24.0 Å². The molecule has 37 heavy (non-hydrogen) atoms. The summed E-state index contributed by atoms with van der Waals surface area (Å²) in [5.41, 5.74) is 1.27. The van der Waals surface area contributed by atoms with Crippen LogP contribution in [0.15, 0.2) is 42.6 Å². The number of anilines is 3. The van der Waals surface area contributed by atoms with Gasteiger partial charge in [0.1, 0.15) is 17.5 Å². The predicted molar refractivity (Wildman–Crippen MR) is 136 cm³/mol. The Balaban J connectivity index is 1.43. The van der Waals surface area contributed by atoms with Crippen molar-refractivity contribution in [3.63, 3.8) is 0 Å². The zero-order valence-corrected chi connectivity index (χ0v) is 20.8. The van der Waals surface area contributed by atoms with Crippen molar-refractivity contribution in [2.24, 2.45) is 0 Å². The number of rotatable bonds is 4. The Kier molecular flexibility index (Phi) is 6.89. The second-order valence-corrected chi connectivity index (χ2v) is 9.52. The molecule has 11 heteroatoms. The van der Waals surface area contributed by atoms with Crippen molar-refractivity contribution in [1.29, 1.82) is 0 Å². The molecule has 3 aromatic rings. The maximum absolute atomic E-state index is 13.9. The van der Waals surface area contributed by atoms with Crippen LogP contribution >= 0.6 is 0 Å². The van der Waals surface area contributed by atoms with Crippen molar-refractivity contribution in [2.45, 2.75) is 26.1 Å². The lowest BCUT2D eigenvalue weighted by Crippen LogP contribution is -2.50. The van der Waals surface area contributed by atoms with E-state index in [1.807, 2.05) is 6.07 Å². The Labute approximate surface area is 213 Å². The minimum atomic E-state index is -4.47. The number of hydrogen-bond donors (Lipinski definition) is 1. The molecule has 1 atom stereocenters. The molecule has 2 aliphatic rings. The first-order valence-electron chi connectivity index (χ1n) is 12.3. The summed E-state index contributed by atoms with van der Waals surface area (Å²) in [6, 6.07) is 9.43. The minimum absolute atomic E-state index is 0.0460. The molecule has 0 radical (unpaired) electrons. The van der Waals surface area contributed by atoms with Gasteiger partial charge in [-0.05, 0) is 49.7 Å². The average Bonchev–Trinajstić information content (AvgIpc) is 2.89. The lowest BCUT2D eigenvalue weighted by Gasteiger charge is -2.37. The molecule has 196 valence electrons. The second-order valence-electron chi connectivity index (χ2n) is 9.52. The zero-order valence-electron chi connectivity index (χ0n) is 20.8.